The molecule has 3 aromatic rings. The lowest BCUT2D eigenvalue weighted by Crippen LogP contribution is -2.09. The molecule has 0 aliphatic heterocycles. The van der Waals surface area contributed by atoms with E-state index in [0.717, 1.165) is 4.88 Å². The third-order valence-electron chi connectivity index (χ3n) is 3.40. The van der Waals surface area contributed by atoms with Crippen LogP contribution in [-0.2, 0) is 6.42 Å². The van der Waals surface area contributed by atoms with Gasteiger partial charge in [0.1, 0.15) is 5.01 Å². The van der Waals surface area contributed by atoms with Gasteiger partial charge in [-0.2, -0.15) is 0 Å². The van der Waals surface area contributed by atoms with Crippen molar-refractivity contribution in [3.8, 4) is 5.88 Å². The van der Waals surface area contributed by atoms with Gasteiger partial charge in [0.25, 0.3) is 0 Å². The maximum absolute atomic E-state index is 12.2. The molecule has 5 heteroatoms. The molecule has 0 radical (unpaired) electrons. The molecule has 0 fully saturated rings. The van der Waals surface area contributed by atoms with Crippen LogP contribution < -0.4 is 4.74 Å². The average Bonchev–Trinajstić information content (AvgIpc) is 2.95. The number of benzene rings is 2. The maximum Gasteiger partial charge on any atom is 0.344 e. The number of hydrogen-bond donors (Lipinski definition) is 0. The number of thiazole rings is 1. The number of nitrogens with zero attached hydrogens (tertiary/aromatic N) is 1. The number of Topliss-reactive ketones (excluding diaryl/α,β-unsaturated/α-hetero) is 1. The second-order valence-electron chi connectivity index (χ2n) is 5.19. The minimum absolute atomic E-state index is 0.00899. The van der Waals surface area contributed by atoms with Crippen molar-refractivity contribution in [2.24, 2.45) is 0 Å². The Morgan fingerprint density at radius 1 is 0.958 bits per heavy atom. The van der Waals surface area contributed by atoms with Crippen LogP contribution in [0.3, 0.4) is 0 Å². The van der Waals surface area contributed by atoms with Crippen LogP contribution in [0.25, 0.3) is 0 Å². The first-order valence-electron chi connectivity index (χ1n) is 7.45. The minimum Gasteiger partial charge on any atom is -0.403 e. The summed E-state index contributed by atoms with van der Waals surface area (Å²) in [5.41, 5.74) is 1.11. The van der Waals surface area contributed by atoms with Crippen LogP contribution in [0.2, 0.25) is 0 Å². The number of carbonyl (C=O) groups is 2. The van der Waals surface area contributed by atoms with Crippen LogP contribution in [0.15, 0.2) is 60.7 Å². The molecular weight excluding hydrogens is 322 g/mol. The van der Waals surface area contributed by atoms with Gasteiger partial charge in [-0.25, -0.2) is 9.78 Å². The zero-order valence-electron chi connectivity index (χ0n) is 13.1. The van der Waals surface area contributed by atoms with E-state index in [9.17, 15) is 9.59 Å². The van der Waals surface area contributed by atoms with Gasteiger partial charge < -0.3 is 4.74 Å². The van der Waals surface area contributed by atoms with Crippen LogP contribution in [0.5, 0.6) is 5.88 Å². The highest BCUT2D eigenvalue weighted by Crippen LogP contribution is 2.26. The summed E-state index contributed by atoms with van der Waals surface area (Å²) in [6.07, 6.45) is 0.193. The number of aromatic nitrogens is 1. The van der Waals surface area contributed by atoms with Crippen molar-refractivity contribution < 1.29 is 14.3 Å². The zero-order valence-corrected chi connectivity index (χ0v) is 13.9. The van der Waals surface area contributed by atoms with Crippen LogP contribution in [0.4, 0.5) is 0 Å². The van der Waals surface area contributed by atoms with Gasteiger partial charge in [-0.15, -0.1) is 11.3 Å². The van der Waals surface area contributed by atoms with Gasteiger partial charge in [-0.3, -0.25) is 4.79 Å². The van der Waals surface area contributed by atoms with Crippen LogP contribution in [-0.4, -0.2) is 16.7 Å². The molecule has 0 aliphatic rings. The van der Waals surface area contributed by atoms with E-state index in [1.165, 1.54) is 11.3 Å². The molecule has 120 valence electrons. The molecule has 0 spiro atoms. The number of ketones is 1. The molecule has 24 heavy (non-hydrogen) atoms. The SMILES string of the molecule is Cc1sc(CC(=O)c2ccccc2)nc1OC(=O)c1ccccc1. The summed E-state index contributed by atoms with van der Waals surface area (Å²) in [5, 5.41) is 0.636. The molecule has 1 aromatic heterocycles. The second kappa shape index (κ2) is 7.19. The Balaban J connectivity index is 1.71. The number of rotatable bonds is 5. The molecule has 4 nitrogen and oxygen atoms in total. The van der Waals surface area contributed by atoms with Crippen molar-refractivity contribution in [1.82, 2.24) is 4.98 Å². The van der Waals surface area contributed by atoms with Crippen LogP contribution in [0.1, 0.15) is 30.6 Å². The van der Waals surface area contributed by atoms with E-state index in [0.29, 0.717) is 16.1 Å². The van der Waals surface area contributed by atoms with Gasteiger partial charge in [0.05, 0.1) is 16.9 Å². The number of esters is 1. The maximum atomic E-state index is 12.2. The van der Waals surface area contributed by atoms with Gasteiger partial charge >= 0.3 is 5.97 Å². The first-order chi connectivity index (χ1) is 11.6. The van der Waals surface area contributed by atoms with Crippen molar-refractivity contribution in [2.45, 2.75) is 13.3 Å². The minimum atomic E-state index is -0.454. The van der Waals surface area contributed by atoms with Crippen LogP contribution in [0, 0.1) is 6.92 Å². The second-order valence-corrected chi connectivity index (χ2v) is 6.48. The summed E-state index contributed by atoms with van der Waals surface area (Å²) in [5.74, 6) is -0.195. The summed E-state index contributed by atoms with van der Waals surface area (Å²) in [7, 11) is 0. The monoisotopic (exact) mass is 337 g/mol. The lowest BCUT2D eigenvalue weighted by atomic mass is 10.1. The third kappa shape index (κ3) is 3.75. The molecule has 0 saturated carbocycles. The fourth-order valence-corrected chi connectivity index (χ4v) is 3.05. The predicted molar refractivity (Wildman–Crippen MR) is 92.7 cm³/mol. The van der Waals surface area contributed by atoms with Crippen molar-refractivity contribution in [2.75, 3.05) is 0 Å². The van der Waals surface area contributed by atoms with Crippen LogP contribution >= 0.6 is 11.3 Å². The highest BCUT2D eigenvalue weighted by Gasteiger charge is 2.16. The van der Waals surface area contributed by atoms with Gasteiger partial charge in [0.2, 0.25) is 5.88 Å². The highest BCUT2D eigenvalue weighted by atomic mass is 32.1. The summed E-state index contributed by atoms with van der Waals surface area (Å²) >= 11 is 1.37. The predicted octanol–water partition coefficient (Wildman–Crippen LogP) is 4.10. The van der Waals surface area contributed by atoms with E-state index in [4.69, 9.17) is 4.74 Å². The quantitative estimate of drug-likeness (QED) is 0.520. The van der Waals surface area contributed by atoms with Crippen molar-refractivity contribution in [1.29, 1.82) is 0 Å². The topological polar surface area (TPSA) is 56.3 Å². The van der Waals surface area contributed by atoms with E-state index < -0.39 is 5.97 Å². The Bertz CT molecular complexity index is 857. The number of hydrogen-bond acceptors (Lipinski definition) is 5. The smallest absolute Gasteiger partial charge is 0.344 e. The average molecular weight is 337 g/mol. The van der Waals surface area contributed by atoms with Gasteiger partial charge in [-0.05, 0) is 19.1 Å². The van der Waals surface area contributed by atoms with E-state index in [1.54, 1.807) is 36.4 Å². The Kier molecular flexibility index (Phi) is 4.82. The molecule has 0 amide bonds. The molecule has 0 atom stereocenters. The Morgan fingerprint density at radius 2 is 1.54 bits per heavy atom. The lowest BCUT2D eigenvalue weighted by molar-refractivity contribution is 0.0727. The Labute approximate surface area is 143 Å². The fourth-order valence-electron chi connectivity index (χ4n) is 2.19. The fraction of sp³-hybridized carbons (Fsp3) is 0.105. The van der Waals surface area contributed by atoms with Crippen molar-refractivity contribution in [3.05, 3.63) is 81.7 Å². The van der Waals surface area contributed by atoms with Gasteiger partial charge in [0.15, 0.2) is 5.78 Å². The summed E-state index contributed by atoms with van der Waals surface area (Å²) in [4.78, 5) is 29.4. The van der Waals surface area contributed by atoms with E-state index >= 15 is 0 Å². The zero-order chi connectivity index (χ0) is 16.9. The number of ether oxygens (including phenoxy) is 1. The third-order valence-corrected chi connectivity index (χ3v) is 4.36. The van der Waals surface area contributed by atoms with E-state index in [1.807, 2.05) is 31.2 Å². The molecule has 1 heterocycles. The first kappa shape index (κ1) is 16.1. The lowest BCUT2D eigenvalue weighted by Gasteiger charge is -2.01. The molecule has 3 rings (SSSR count). The number of aryl methyl sites for hydroxylation is 1. The largest absolute Gasteiger partial charge is 0.403 e. The Hall–Kier alpha value is -2.79. The number of carbonyl (C=O) groups excluding carboxylic acids is 2. The molecule has 0 aliphatic carbocycles. The standard InChI is InChI=1S/C19H15NO3S/c1-13-18(23-19(22)15-10-6-3-7-11-15)20-17(24-13)12-16(21)14-8-4-2-5-9-14/h2-11H,12H2,1H3. The van der Waals surface area contributed by atoms with Crippen molar-refractivity contribution in [3.63, 3.8) is 0 Å². The van der Waals surface area contributed by atoms with E-state index in [-0.39, 0.29) is 18.1 Å². The molecule has 0 unspecified atom stereocenters. The molecule has 0 bridgehead atoms. The van der Waals surface area contributed by atoms with Gasteiger partial charge in [0, 0.05) is 5.56 Å². The molecule has 0 saturated heterocycles. The van der Waals surface area contributed by atoms with Crippen molar-refractivity contribution >= 4 is 23.1 Å². The molecular formula is C19H15NO3S. The molecule has 0 N–H and O–H groups in total. The first-order valence-corrected chi connectivity index (χ1v) is 8.27. The Morgan fingerprint density at radius 3 is 2.17 bits per heavy atom. The summed E-state index contributed by atoms with van der Waals surface area (Å²) in [6.45, 7) is 1.82. The van der Waals surface area contributed by atoms with Gasteiger partial charge in [-0.1, -0.05) is 48.5 Å². The summed E-state index contributed by atoms with van der Waals surface area (Å²) in [6, 6.07) is 17.8. The molecule has 2 aromatic carbocycles. The van der Waals surface area contributed by atoms with E-state index in [2.05, 4.69) is 4.98 Å². The normalized spacial score (nSPS) is 10.4. The summed E-state index contributed by atoms with van der Waals surface area (Å²) < 4.78 is 5.35. The highest BCUT2D eigenvalue weighted by molar-refractivity contribution is 7.12.